The van der Waals surface area contributed by atoms with E-state index in [4.69, 9.17) is 0 Å². The first-order valence-corrected chi connectivity index (χ1v) is 3.33. The highest BCUT2D eigenvalue weighted by molar-refractivity contribution is 5.28. The summed E-state index contributed by atoms with van der Waals surface area (Å²) in [5, 5.41) is 5.84. The Hall–Kier alpha value is -1.44. The van der Waals surface area contributed by atoms with Crippen molar-refractivity contribution < 1.29 is 0 Å². The van der Waals surface area contributed by atoms with Crippen molar-refractivity contribution in [1.82, 2.24) is 10.6 Å². The first kappa shape index (κ1) is 9.56. The highest BCUT2D eigenvalue weighted by Gasteiger charge is 1.94. The van der Waals surface area contributed by atoms with Crippen LogP contribution in [0.2, 0.25) is 0 Å². The standard InChI is InChI=1S/C9H14N2/c1-5-7-9(11-6-2)8(3)10-4/h5-7,10-11H,1-3H2,4H3/b9-7-. The summed E-state index contributed by atoms with van der Waals surface area (Å²) >= 11 is 0. The highest BCUT2D eigenvalue weighted by atomic mass is 14.9. The number of hydrogen-bond acceptors (Lipinski definition) is 2. The number of likely N-dealkylation sites (N-methyl/N-ethyl adjacent to an activating group) is 1. The van der Waals surface area contributed by atoms with Gasteiger partial charge in [0.25, 0.3) is 0 Å². The summed E-state index contributed by atoms with van der Waals surface area (Å²) in [5.41, 5.74) is 1.68. The van der Waals surface area contributed by atoms with E-state index >= 15 is 0 Å². The third-order valence-corrected chi connectivity index (χ3v) is 1.17. The van der Waals surface area contributed by atoms with Gasteiger partial charge in [-0.3, -0.25) is 0 Å². The van der Waals surface area contributed by atoms with Gasteiger partial charge in [-0.2, -0.15) is 0 Å². The van der Waals surface area contributed by atoms with Crippen LogP contribution in [0.1, 0.15) is 0 Å². The van der Waals surface area contributed by atoms with Crippen molar-refractivity contribution in [3.05, 3.63) is 49.5 Å². The molecule has 2 heteroatoms. The summed E-state index contributed by atoms with van der Waals surface area (Å²) in [5.74, 6) is 0. The van der Waals surface area contributed by atoms with Gasteiger partial charge in [-0.1, -0.05) is 25.8 Å². The van der Waals surface area contributed by atoms with Crippen molar-refractivity contribution in [3.8, 4) is 0 Å². The molecule has 0 bridgehead atoms. The average molecular weight is 150 g/mol. The summed E-state index contributed by atoms with van der Waals surface area (Å²) in [7, 11) is 1.81. The molecule has 0 unspecified atom stereocenters. The fourth-order valence-corrected chi connectivity index (χ4v) is 0.598. The van der Waals surface area contributed by atoms with E-state index in [1.54, 1.807) is 12.3 Å². The Morgan fingerprint density at radius 1 is 1.36 bits per heavy atom. The molecule has 0 aliphatic heterocycles. The molecular weight excluding hydrogens is 136 g/mol. The molecule has 0 heterocycles. The number of hydrogen-bond donors (Lipinski definition) is 2. The van der Waals surface area contributed by atoms with Gasteiger partial charge >= 0.3 is 0 Å². The van der Waals surface area contributed by atoms with Gasteiger partial charge in [0.2, 0.25) is 0 Å². The highest BCUT2D eigenvalue weighted by Crippen LogP contribution is 1.98. The van der Waals surface area contributed by atoms with Gasteiger partial charge in [-0.05, 0) is 12.3 Å². The smallest absolute Gasteiger partial charge is 0.0608 e. The molecule has 2 N–H and O–H groups in total. The van der Waals surface area contributed by atoms with Crippen molar-refractivity contribution in [2.75, 3.05) is 7.05 Å². The SMILES string of the molecule is C=C/C=C(\NC=C)C(=C)NC. The fraction of sp³-hybridized carbons (Fsp3) is 0.111. The Bertz CT molecular complexity index is 190. The van der Waals surface area contributed by atoms with Crippen LogP contribution >= 0.6 is 0 Å². The molecule has 0 aliphatic rings. The van der Waals surface area contributed by atoms with Crippen molar-refractivity contribution in [3.63, 3.8) is 0 Å². The van der Waals surface area contributed by atoms with E-state index in [2.05, 4.69) is 30.4 Å². The van der Waals surface area contributed by atoms with Crippen molar-refractivity contribution in [2.45, 2.75) is 0 Å². The normalized spacial score (nSPS) is 10.1. The van der Waals surface area contributed by atoms with Crippen LogP contribution in [0.5, 0.6) is 0 Å². The number of allylic oxidation sites excluding steroid dienone is 2. The minimum atomic E-state index is 0.810. The van der Waals surface area contributed by atoms with Crippen LogP contribution in [-0.2, 0) is 0 Å². The second-order valence-corrected chi connectivity index (χ2v) is 1.89. The van der Waals surface area contributed by atoms with E-state index in [9.17, 15) is 0 Å². The summed E-state index contributed by atoms with van der Waals surface area (Å²) < 4.78 is 0. The molecule has 0 rings (SSSR count). The zero-order valence-electron chi connectivity index (χ0n) is 6.85. The maximum atomic E-state index is 3.77. The zero-order chi connectivity index (χ0) is 8.69. The fourth-order valence-electron chi connectivity index (χ4n) is 0.598. The van der Waals surface area contributed by atoms with Gasteiger partial charge in [0, 0.05) is 7.05 Å². The van der Waals surface area contributed by atoms with Gasteiger partial charge in [0.15, 0.2) is 0 Å². The molecule has 0 spiro atoms. The van der Waals surface area contributed by atoms with E-state index in [1.165, 1.54) is 0 Å². The second-order valence-electron chi connectivity index (χ2n) is 1.89. The van der Waals surface area contributed by atoms with Crippen molar-refractivity contribution in [1.29, 1.82) is 0 Å². The molecule has 0 amide bonds. The monoisotopic (exact) mass is 150 g/mol. The van der Waals surface area contributed by atoms with E-state index in [-0.39, 0.29) is 0 Å². The Labute approximate surface area is 68.0 Å². The van der Waals surface area contributed by atoms with E-state index < -0.39 is 0 Å². The third kappa shape index (κ3) is 3.30. The molecule has 60 valence electrons. The Balaban J connectivity index is 4.32. The van der Waals surface area contributed by atoms with Crippen LogP contribution in [0.15, 0.2) is 49.5 Å². The van der Waals surface area contributed by atoms with E-state index in [1.807, 2.05) is 13.1 Å². The van der Waals surface area contributed by atoms with Crippen LogP contribution in [0.4, 0.5) is 0 Å². The Kier molecular flexibility index (Phi) is 4.65. The lowest BCUT2D eigenvalue weighted by Gasteiger charge is -2.08. The quantitative estimate of drug-likeness (QED) is 0.581. The summed E-state index contributed by atoms with van der Waals surface area (Å²) in [6, 6.07) is 0. The summed E-state index contributed by atoms with van der Waals surface area (Å²) in [6.45, 7) is 10.9. The molecule has 11 heavy (non-hydrogen) atoms. The van der Waals surface area contributed by atoms with Crippen LogP contribution in [0.25, 0.3) is 0 Å². The van der Waals surface area contributed by atoms with Crippen LogP contribution in [0.3, 0.4) is 0 Å². The molecule has 2 nitrogen and oxygen atoms in total. The summed E-state index contributed by atoms with van der Waals surface area (Å²) in [6.07, 6.45) is 5.10. The number of rotatable bonds is 5. The zero-order valence-corrected chi connectivity index (χ0v) is 6.85. The maximum Gasteiger partial charge on any atom is 0.0608 e. The predicted molar refractivity (Wildman–Crippen MR) is 49.8 cm³/mol. The molecule has 0 aromatic heterocycles. The summed E-state index contributed by atoms with van der Waals surface area (Å²) in [4.78, 5) is 0. The van der Waals surface area contributed by atoms with Crippen molar-refractivity contribution >= 4 is 0 Å². The van der Waals surface area contributed by atoms with Crippen LogP contribution in [-0.4, -0.2) is 7.05 Å². The minimum absolute atomic E-state index is 0.810. The molecular formula is C9H14N2. The maximum absolute atomic E-state index is 3.77. The lowest BCUT2D eigenvalue weighted by molar-refractivity contribution is 0.942. The average Bonchev–Trinajstić information content (AvgIpc) is 2.03. The third-order valence-electron chi connectivity index (χ3n) is 1.17. The van der Waals surface area contributed by atoms with Gasteiger partial charge < -0.3 is 10.6 Å². The lowest BCUT2D eigenvalue weighted by Crippen LogP contribution is -2.15. The molecule has 0 saturated heterocycles. The predicted octanol–water partition coefficient (Wildman–Crippen LogP) is 1.52. The largest absolute Gasteiger partial charge is 0.387 e. The van der Waals surface area contributed by atoms with Gasteiger partial charge in [-0.25, -0.2) is 0 Å². The first-order chi connectivity index (χ1) is 5.26. The van der Waals surface area contributed by atoms with Gasteiger partial charge in [0.05, 0.1) is 11.4 Å². The molecule has 0 aliphatic carbocycles. The molecule has 0 radical (unpaired) electrons. The van der Waals surface area contributed by atoms with E-state index in [0.717, 1.165) is 11.4 Å². The molecule has 0 atom stereocenters. The second kappa shape index (κ2) is 5.35. The molecule has 0 aromatic carbocycles. The van der Waals surface area contributed by atoms with Crippen LogP contribution < -0.4 is 10.6 Å². The topological polar surface area (TPSA) is 24.1 Å². The van der Waals surface area contributed by atoms with Gasteiger partial charge in [0.1, 0.15) is 0 Å². The number of nitrogens with one attached hydrogen (secondary N) is 2. The lowest BCUT2D eigenvalue weighted by atomic mass is 10.3. The Morgan fingerprint density at radius 3 is 2.36 bits per heavy atom. The van der Waals surface area contributed by atoms with Gasteiger partial charge in [-0.15, -0.1) is 0 Å². The van der Waals surface area contributed by atoms with Crippen LogP contribution in [0, 0.1) is 0 Å². The van der Waals surface area contributed by atoms with E-state index in [0.29, 0.717) is 0 Å². The molecule has 0 fully saturated rings. The minimum Gasteiger partial charge on any atom is -0.387 e. The molecule has 0 saturated carbocycles. The Morgan fingerprint density at radius 2 is 2.00 bits per heavy atom. The molecule has 0 aromatic rings. The van der Waals surface area contributed by atoms with Crippen molar-refractivity contribution in [2.24, 2.45) is 0 Å². The first-order valence-electron chi connectivity index (χ1n) is 3.33.